The highest BCUT2D eigenvalue weighted by Crippen LogP contribution is 2.30. The Morgan fingerprint density at radius 1 is 1.00 bits per heavy atom. The number of amides is 4. The van der Waals surface area contributed by atoms with Gasteiger partial charge in [-0.25, -0.2) is 0 Å². The van der Waals surface area contributed by atoms with Crippen LogP contribution in [0.2, 0.25) is 0 Å². The van der Waals surface area contributed by atoms with Crippen molar-refractivity contribution >= 4 is 34.5 Å². The van der Waals surface area contributed by atoms with Crippen LogP contribution in [0.15, 0.2) is 54.7 Å². The molecule has 1 unspecified atom stereocenters. The molecule has 276 valence electrons. The number of aromatic amines is 1. The molecule has 1 aromatic heterocycles. The number of carbonyl (C=O) groups is 4. The van der Waals surface area contributed by atoms with Crippen molar-refractivity contribution in [2.45, 2.75) is 70.3 Å². The standard InChI is InChI=1S/C39H53N5O7/c1-49-24-18-39(38(48)43-31-16-22-50-23-17-31)25-29-12-14-32(15-13-29)51-27-36(46)40-19-6-21-44(20-5-10-35(45)42-28-39)37(47)11-4-7-30-26-41-34-9-3-2-8-33(30)34/h2-3,8-9,12-15,26,31,41H,4-7,10-11,16-25,27-28H2,1H3,(H,40,46)(H,42,45)(H,43,48). The predicted molar refractivity (Wildman–Crippen MR) is 194 cm³/mol. The van der Waals surface area contributed by atoms with E-state index in [1.54, 1.807) is 24.1 Å². The molecule has 3 aliphatic heterocycles. The molecule has 4 heterocycles. The van der Waals surface area contributed by atoms with E-state index in [9.17, 15) is 19.2 Å². The summed E-state index contributed by atoms with van der Waals surface area (Å²) in [5.74, 6) is 0.0156. The fourth-order valence-corrected chi connectivity index (χ4v) is 6.86. The molecule has 1 atom stereocenters. The Labute approximate surface area is 300 Å². The Balaban J connectivity index is 1.27. The van der Waals surface area contributed by atoms with Gasteiger partial charge in [-0.1, -0.05) is 30.3 Å². The maximum atomic E-state index is 14.1. The largest absolute Gasteiger partial charge is 0.484 e. The molecule has 2 bridgehead atoms. The molecule has 3 aliphatic rings. The highest BCUT2D eigenvalue weighted by Gasteiger charge is 2.40. The molecular weight excluding hydrogens is 650 g/mol. The molecule has 0 saturated carbocycles. The lowest BCUT2D eigenvalue weighted by Crippen LogP contribution is -2.53. The number of benzene rings is 2. The van der Waals surface area contributed by atoms with Crippen molar-refractivity contribution < 1.29 is 33.4 Å². The molecule has 6 rings (SSSR count). The van der Waals surface area contributed by atoms with Crippen molar-refractivity contribution in [3.8, 4) is 5.75 Å². The Hall–Kier alpha value is -4.42. The minimum absolute atomic E-state index is 0.00441. The van der Waals surface area contributed by atoms with Gasteiger partial charge in [-0.05, 0) is 80.7 Å². The summed E-state index contributed by atoms with van der Waals surface area (Å²) in [6.45, 7) is 2.81. The number of methoxy groups -OCH3 is 1. The van der Waals surface area contributed by atoms with Gasteiger partial charge in [0.25, 0.3) is 5.91 Å². The number of para-hydroxylation sites is 1. The Kier molecular flexibility index (Phi) is 14.3. The summed E-state index contributed by atoms with van der Waals surface area (Å²) in [7, 11) is 1.60. The molecule has 0 spiro atoms. The van der Waals surface area contributed by atoms with Crippen molar-refractivity contribution in [3.05, 3.63) is 65.9 Å². The molecule has 12 heteroatoms. The van der Waals surface area contributed by atoms with Crippen LogP contribution in [0.5, 0.6) is 5.75 Å². The van der Waals surface area contributed by atoms with E-state index >= 15 is 0 Å². The summed E-state index contributed by atoms with van der Waals surface area (Å²) in [4.78, 5) is 58.5. The molecule has 12 nitrogen and oxygen atoms in total. The van der Waals surface area contributed by atoms with Gasteiger partial charge in [-0.15, -0.1) is 0 Å². The van der Waals surface area contributed by atoms with E-state index in [-0.39, 0.29) is 49.2 Å². The predicted octanol–water partition coefficient (Wildman–Crippen LogP) is 3.68. The second-order valence-corrected chi connectivity index (χ2v) is 13.7. The molecule has 1 fully saturated rings. The zero-order chi connectivity index (χ0) is 35.9. The summed E-state index contributed by atoms with van der Waals surface area (Å²) in [6, 6.07) is 15.5. The average molecular weight is 704 g/mol. The van der Waals surface area contributed by atoms with Gasteiger partial charge < -0.3 is 40.0 Å². The molecule has 3 aromatic rings. The van der Waals surface area contributed by atoms with Crippen LogP contribution in [0.1, 0.15) is 62.5 Å². The molecular formula is C39H53N5O7. The van der Waals surface area contributed by atoms with Gasteiger partial charge in [0, 0.05) is 89.1 Å². The minimum atomic E-state index is -0.972. The van der Waals surface area contributed by atoms with E-state index in [0.29, 0.717) is 83.7 Å². The third-order valence-electron chi connectivity index (χ3n) is 9.91. The van der Waals surface area contributed by atoms with Crippen LogP contribution in [0.25, 0.3) is 10.9 Å². The van der Waals surface area contributed by atoms with Crippen LogP contribution in [-0.4, -0.2) is 99.3 Å². The van der Waals surface area contributed by atoms with Crippen LogP contribution in [0.3, 0.4) is 0 Å². The second-order valence-electron chi connectivity index (χ2n) is 13.7. The highest BCUT2D eigenvalue weighted by atomic mass is 16.5. The Morgan fingerprint density at radius 2 is 1.78 bits per heavy atom. The summed E-state index contributed by atoms with van der Waals surface area (Å²) in [5.41, 5.74) is 2.19. The zero-order valence-corrected chi connectivity index (χ0v) is 29.8. The number of rotatable bonds is 9. The third kappa shape index (κ3) is 11.3. The van der Waals surface area contributed by atoms with Gasteiger partial charge in [0.2, 0.25) is 17.7 Å². The number of nitrogens with one attached hydrogen (secondary N) is 4. The number of hydrogen-bond donors (Lipinski definition) is 4. The maximum absolute atomic E-state index is 14.1. The van der Waals surface area contributed by atoms with E-state index in [1.807, 2.05) is 36.5 Å². The number of nitrogens with zero attached hydrogens (tertiary/aromatic N) is 1. The van der Waals surface area contributed by atoms with Crippen LogP contribution >= 0.6 is 0 Å². The van der Waals surface area contributed by atoms with Gasteiger partial charge in [0.1, 0.15) is 5.75 Å². The van der Waals surface area contributed by atoms with Gasteiger partial charge >= 0.3 is 0 Å². The number of fused-ring (bicyclic) bond motifs is 18. The first-order valence-corrected chi connectivity index (χ1v) is 18.3. The van der Waals surface area contributed by atoms with Gasteiger partial charge in [-0.2, -0.15) is 0 Å². The first-order chi connectivity index (χ1) is 24.8. The first kappa shape index (κ1) is 37.8. The minimum Gasteiger partial charge on any atom is -0.484 e. The van der Waals surface area contributed by atoms with Gasteiger partial charge in [-0.3, -0.25) is 19.2 Å². The molecule has 4 N–H and O–H groups in total. The molecule has 2 aromatic carbocycles. The average Bonchev–Trinajstić information content (AvgIpc) is 3.56. The lowest BCUT2D eigenvalue weighted by atomic mass is 9.77. The zero-order valence-electron chi connectivity index (χ0n) is 29.8. The van der Waals surface area contributed by atoms with Crippen molar-refractivity contribution in [2.75, 3.05) is 59.7 Å². The molecule has 51 heavy (non-hydrogen) atoms. The van der Waals surface area contributed by atoms with Crippen molar-refractivity contribution in [1.82, 2.24) is 25.8 Å². The maximum Gasteiger partial charge on any atom is 0.257 e. The Bertz CT molecular complexity index is 1590. The number of H-pyrrole nitrogens is 1. The van der Waals surface area contributed by atoms with Gasteiger partial charge in [0.15, 0.2) is 6.61 Å². The monoisotopic (exact) mass is 703 g/mol. The molecule has 1 saturated heterocycles. The van der Waals surface area contributed by atoms with Crippen molar-refractivity contribution in [2.24, 2.45) is 5.41 Å². The van der Waals surface area contributed by atoms with Crippen LogP contribution < -0.4 is 20.7 Å². The number of aryl methyl sites for hydroxylation is 1. The van der Waals surface area contributed by atoms with Crippen LogP contribution in [0.4, 0.5) is 0 Å². The summed E-state index contributed by atoms with van der Waals surface area (Å²) in [5, 5.41) is 10.4. The number of aromatic nitrogens is 1. The molecule has 4 amide bonds. The fraction of sp³-hybridized carbons (Fsp3) is 0.538. The van der Waals surface area contributed by atoms with E-state index in [4.69, 9.17) is 14.2 Å². The second kappa shape index (κ2) is 19.3. The fourth-order valence-electron chi connectivity index (χ4n) is 6.86. The Morgan fingerprint density at radius 3 is 2.59 bits per heavy atom. The summed E-state index contributed by atoms with van der Waals surface area (Å²) >= 11 is 0. The third-order valence-corrected chi connectivity index (χ3v) is 9.91. The topological polar surface area (TPSA) is 151 Å². The van der Waals surface area contributed by atoms with E-state index in [1.165, 1.54) is 10.9 Å². The van der Waals surface area contributed by atoms with E-state index < -0.39 is 5.41 Å². The lowest BCUT2D eigenvalue weighted by molar-refractivity contribution is -0.135. The van der Waals surface area contributed by atoms with E-state index in [2.05, 4.69) is 27.0 Å². The SMILES string of the molecule is COCCC1(C(=O)NC2CCOCC2)CNC(=O)CCCN(C(=O)CCCc2c[nH]c3ccccc23)CCCNC(=O)COc2ccc(cc2)C1. The summed E-state index contributed by atoms with van der Waals surface area (Å²) in [6.07, 6.45) is 7.36. The van der Waals surface area contributed by atoms with Gasteiger partial charge in [0.05, 0.1) is 5.41 Å². The molecule has 0 aliphatic carbocycles. The number of ether oxygens (including phenoxy) is 3. The quantitative estimate of drug-likeness (QED) is 0.266. The highest BCUT2D eigenvalue weighted by molar-refractivity contribution is 5.85. The number of carbonyl (C=O) groups excluding carboxylic acids is 4. The van der Waals surface area contributed by atoms with Crippen molar-refractivity contribution in [3.63, 3.8) is 0 Å². The van der Waals surface area contributed by atoms with Crippen LogP contribution in [0, 0.1) is 5.41 Å². The normalized spacial score (nSPS) is 20.3. The lowest BCUT2D eigenvalue weighted by Gasteiger charge is -2.35. The van der Waals surface area contributed by atoms with Crippen molar-refractivity contribution in [1.29, 1.82) is 0 Å². The molecule has 0 radical (unpaired) electrons. The smallest absolute Gasteiger partial charge is 0.257 e. The first-order valence-electron chi connectivity index (χ1n) is 18.3. The van der Waals surface area contributed by atoms with E-state index in [0.717, 1.165) is 30.3 Å². The number of hydrogen-bond acceptors (Lipinski definition) is 7. The van der Waals surface area contributed by atoms with Crippen LogP contribution in [-0.2, 0) is 41.5 Å². The summed E-state index contributed by atoms with van der Waals surface area (Å²) < 4.78 is 16.7.